The van der Waals surface area contributed by atoms with Crippen molar-refractivity contribution in [2.45, 2.75) is 18.8 Å². The molecule has 0 bridgehead atoms. The predicted octanol–water partition coefficient (Wildman–Crippen LogP) is 3.18. The van der Waals surface area contributed by atoms with Crippen molar-refractivity contribution in [3.05, 3.63) is 95.3 Å². The number of nitrogens with one attached hydrogen (secondary N) is 3. The Morgan fingerprint density at radius 3 is 2.25 bits per heavy atom. The maximum atomic E-state index is 14.0. The summed E-state index contributed by atoms with van der Waals surface area (Å²) in [7, 11) is 0. The fraction of sp³-hybridized carbons (Fsp3) is 0.321. The van der Waals surface area contributed by atoms with E-state index in [1.54, 1.807) is 6.07 Å². The van der Waals surface area contributed by atoms with Crippen molar-refractivity contribution in [1.82, 2.24) is 20.1 Å². The summed E-state index contributed by atoms with van der Waals surface area (Å²) < 4.78 is 14.0. The minimum absolute atomic E-state index is 0.185. The molecule has 3 aromatic rings. The van der Waals surface area contributed by atoms with Gasteiger partial charge in [-0.15, -0.1) is 0 Å². The molecule has 3 aliphatic rings. The van der Waals surface area contributed by atoms with E-state index in [2.05, 4.69) is 55.1 Å². The zero-order valence-electron chi connectivity index (χ0n) is 20.2. The van der Waals surface area contributed by atoms with Crippen molar-refractivity contribution in [2.75, 3.05) is 50.0 Å². The smallest absolute Gasteiger partial charge is 0.266 e. The van der Waals surface area contributed by atoms with E-state index in [1.807, 2.05) is 30.3 Å². The molecule has 8 heteroatoms. The van der Waals surface area contributed by atoms with Gasteiger partial charge >= 0.3 is 0 Å². The summed E-state index contributed by atoms with van der Waals surface area (Å²) in [6.45, 7) is 7.21. The lowest BCUT2D eigenvalue weighted by Crippen LogP contribution is -2.65. The Hall–Kier alpha value is -3.30. The van der Waals surface area contributed by atoms with Crippen LogP contribution in [0.2, 0.25) is 0 Å². The van der Waals surface area contributed by atoms with Gasteiger partial charge in [0.15, 0.2) is 5.66 Å². The van der Waals surface area contributed by atoms with Crippen molar-refractivity contribution < 1.29 is 9.18 Å². The van der Waals surface area contributed by atoms with Crippen LogP contribution >= 0.6 is 0 Å². The molecule has 186 valence electrons. The van der Waals surface area contributed by atoms with Gasteiger partial charge in [-0.2, -0.15) is 0 Å². The number of nitrogens with zero attached hydrogens (tertiary/aromatic N) is 3. The van der Waals surface area contributed by atoms with Crippen LogP contribution in [0, 0.1) is 5.82 Å². The second-order valence-corrected chi connectivity index (χ2v) is 9.78. The molecule has 3 heterocycles. The number of carbonyl (C=O) groups excluding carboxylic acids is 1. The Morgan fingerprint density at radius 2 is 1.53 bits per heavy atom. The van der Waals surface area contributed by atoms with Crippen molar-refractivity contribution in [1.29, 1.82) is 0 Å². The molecule has 0 aromatic heterocycles. The zero-order chi connectivity index (χ0) is 24.5. The average Bonchev–Trinajstić information content (AvgIpc) is 3.50. The fourth-order valence-electron chi connectivity index (χ4n) is 5.63. The number of hydrogen-bond acceptors (Lipinski definition) is 6. The van der Waals surface area contributed by atoms with Gasteiger partial charge in [0, 0.05) is 63.6 Å². The van der Waals surface area contributed by atoms with Crippen LogP contribution in [0.15, 0.2) is 72.8 Å². The van der Waals surface area contributed by atoms with Crippen LogP contribution in [0.5, 0.6) is 0 Å². The number of para-hydroxylation sites is 1. The number of benzene rings is 3. The first-order valence-electron chi connectivity index (χ1n) is 12.6. The molecule has 0 radical (unpaired) electrons. The van der Waals surface area contributed by atoms with E-state index in [-0.39, 0.29) is 11.7 Å². The molecule has 0 aliphatic carbocycles. The number of hydrogen-bond donors (Lipinski definition) is 3. The first kappa shape index (κ1) is 23.1. The number of rotatable bonds is 6. The second kappa shape index (κ2) is 9.63. The molecule has 1 atom stereocenters. The van der Waals surface area contributed by atoms with Crippen LogP contribution < -0.4 is 16.2 Å². The summed E-state index contributed by atoms with van der Waals surface area (Å²) in [5.41, 5.74) is 10.1. The first-order valence-corrected chi connectivity index (χ1v) is 12.6. The summed E-state index contributed by atoms with van der Waals surface area (Å²) in [5.74, 6) is -0.522. The van der Waals surface area contributed by atoms with Gasteiger partial charge in [-0.3, -0.25) is 19.5 Å². The third-order valence-electron chi connectivity index (χ3n) is 7.60. The third-order valence-corrected chi connectivity index (χ3v) is 7.60. The minimum atomic E-state index is -1.12. The minimum Gasteiger partial charge on any atom is -0.323 e. The first-order chi connectivity index (χ1) is 17.6. The summed E-state index contributed by atoms with van der Waals surface area (Å²) in [6.07, 6.45) is 0. The lowest BCUT2D eigenvalue weighted by Gasteiger charge is -2.44. The highest BCUT2D eigenvalue weighted by Gasteiger charge is 2.51. The molecular formula is C28H31FN6O. The topological polar surface area (TPSA) is 62.9 Å². The Bertz CT molecular complexity index is 1220. The van der Waals surface area contributed by atoms with Crippen molar-refractivity contribution >= 4 is 17.3 Å². The second-order valence-electron chi connectivity index (χ2n) is 9.78. The maximum absolute atomic E-state index is 14.0. The van der Waals surface area contributed by atoms with E-state index >= 15 is 0 Å². The largest absolute Gasteiger partial charge is 0.323 e. The molecule has 36 heavy (non-hydrogen) atoms. The van der Waals surface area contributed by atoms with Gasteiger partial charge in [0.25, 0.3) is 5.91 Å². The van der Waals surface area contributed by atoms with Gasteiger partial charge in [-0.25, -0.2) is 9.82 Å². The molecule has 0 saturated carbocycles. The quantitative estimate of drug-likeness (QED) is 0.498. The van der Waals surface area contributed by atoms with Crippen LogP contribution in [0.1, 0.15) is 16.7 Å². The number of amides is 1. The monoisotopic (exact) mass is 486 g/mol. The average molecular weight is 487 g/mol. The summed E-state index contributed by atoms with van der Waals surface area (Å²) in [5, 5.41) is 3.06. The van der Waals surface area contributed by atoms with Gasteiger partial charge in [0.2, 0.25) is 0 Å². The number of carbonyl (C=O) groups is 1. The van der Waals surface area contributed by atoms with Crippen LogP contribution in [0.25, 0.3) is 0 Å². The van der Waals surface area contributed by atoms with Crippen LogP contribution in [-0.2, 0) is 23.5 Å². The molecule has 1 unspecified atom stereocenters. The highest BCUT2D eigenvalue weighted by molar-refractivity contribution is 6.00. The standard InChI is InChI=1S/C28H31FN6O/c29-23-10-11-25-26(18-23)31-32-28(25,27(36)30-24-8-2-1-3-9-24)35-16-14-33(15-17-35)12-13-34-19-21-6-4-5-7-22(21)20-34/h1-11,18,31-32H,12-17,19-20H2,(H,30,36). The lowest BCUT2D eigenvalue weighted by atomic mass is 9.95. The van der Waals surface area contributed by atoms with Crippen molar-refractivity contribution in [2.24, 2.45) is 0 Å². The van der Waals surface area contributed by atoms with E-state index in [4.69, 9.17) is 0 Å². The summed E-state index contributed by atoms with van der Waals surface area (Å²) >= 11 is 0. The normalized spacial score (nSPS) is 22.1. The van der Waals surface area contributed by atoms with Gasteiger partial charge in [-0.05, 0) is 35.4 Å². The van der Waals surface area contributed by atoms with Gasteiger partial charge in [0.1, 0.15) is 5.82 Å². The highest BCUT2D eigenvalue weighted by Crippen LogP contribution is 2.38. The fourth-order valence-corrected chi connectivity index (χ4v) is 5.63. The Morgan fingerprint density at radius 1 is 0.861 bits per heavy atom. The molecule has 1 saturated heterocycles. The van der Waals surface area contributed by atoms with Crippen LogP contribution in [0.4, 0.5) is 15.8 Å². The lowest BCUT2D eigenvalue weighted by molar-refractivity contribution is -0.132. The Labute approximate surface area is 210 Å². The van der Waals surface area contributed by atoms with Gasteiger partial charge in [-0.1, -0.05) is 48.5 Å². The molecule has 3 aromatic carbocycles. The molecule has 7 nitrogen and oxygen atoms in total. The molecular weight excluding hydrogens is 455 g/mol. The molecule has 6 rings (SSSR count). The predicted molar refractivity (Wildman–Crippen MR) is 138 cm³/mol. The molecule has 1 fully saturated rings. The number of anilines is 2. The molecule has 3 aliphatic heterocycles. The third kappa shape index (κ3) is 4.26. The summed E-state index contributed by atoms with van der Waals surface area (Å²) in [6, 6.07) is 22.7. The molecule has 1 amide bonds. The maximum Gasteiger partial charge on any atom is 0.266 e. The van der Waals surface area contributed by atoms with Gasteiger partial charge < -0.3 is 10.7 Å². The van der Waals surface area contributed by atoms with E-state index in [9.17, 15) is 9.18 Å². The van der Waals surface area contributed by atoms with E-state index in [1.165, 1.54) is 23.3 Å². The molecule has 0 spiro atoms. The van der Waals surface area contributed by atoms with Crippen molar-refractivity contribution in [3.63, 3.8) is 0 Å². The number of halogens is 1. The van der Waals surface area contributed by atoms with E-state index in [0.717, 1.165) is 50.5 Å². The zero-order valence-corrected chi connectivity index (χ0v) is 20.2. The van der Waals surface area contributed by atoms with Gasteiger partial charge in [0.05, 0.1) is 5.69 Å². The van der Waals surface area contributed by atoms with Crippen molar-refractivity contribution in [3.8, 4) is 0 Å². The van der Waals surface area contributed by atoms with E-state index in [0.29, 0.717) is 18.8 Å². The summed E-state index contributed by atoms with van der Waals surface area (Å²) in [4.78, 5) is 20.9. The Balaban J connectivity index is 1.15. The Kier molecular flexibility index (Phi) is 6.18. The van der Waals surface area contributed by atoms with Crippen LogP contribution in [-0.4, -0.2) is 59.9 Å². The van der Waals surface area contributed by atoms with Crippen LogP contribution in [0.3, 0.4) is 0 Å². The number of fused-ring (bicyclic) bond motifs is 2. The SMILES string of the molecule is O=C(Nc1ccccc1)C1(N2CCN(CCN3Cc4ccccc4C3)CC2)NNc2cc(F)ccc21. The number of piperazine rings is 1. The number of hydrazine groups is 1. The van der Waals surface area contributed by atoms with E-state index < -0.39 is 5.66 Å². The highest BCUT2D eigenvalue weighted by atomic mass is 19.1. The molecule has 3 N–H and O–H groups in total.